The predicted molar refractivity (Wildman–Crippen MR) is 160 cm³/mol. The summed E-state index contributed by atoms with van der Waals surface area (Å²) in [6, 6.07) is 6.19. The summed E-state index contributed by atoms with van der Waals surface area (Å²) in [6.45, 7) is -1.01. The van der Waals surface area contributed by atoms with E-state index in [1.807, 2.05) is 0 Å². The highest BCUT2D eigenvalue weighted by molar-refractivity contribution is 5.93. The molecular weight excluding hydrogens is 618 g/mol. The number of carbonyl (C=O) groups is 3. The van der Waals surface area contributed by atoms with Gasteiger partial charge >= 0.3 is 0 Å². The van der Waals surface area contributed by atoms with E-state index in [1.165, 1.54) is 27.9 Å². The summed E-state index contributed by atoms with van der Waals surface area (Å²) in [7, 11) is 0. The Balaban J connectivity index is 1.30. The van der Waals surface area contributed by atoms with Gasteiger partial charge in [-0.1, -0.05) is 18.1 Å². The number of hydrogen-bond acceptors (Lipinski definition) is 14. The zero-order chi connectivity index (χ0) is 33.4. The van der Waals surface area contributed by atoms with E-state index in [0.717, 1.165) is 0 Å². The number of anilines is 1. The molecule has 18 nitrogen and oxygen atoms in total. The van der Waals surface area contributed by atoms with Gasteiger partial charge in [-0.05, 0) is 23.6 Å². The molecule has 8 atom stereocenters. The third-order valence-corrected chi connectivity index (χ3v) is 8.21. The van der Waals surface area contributed by atoms with Crippen LogP contribution in [0.3, 0.4) is 0 Å². The molecule has 3 amide bonds. The molecule has 0 saturated carbocycles. The topological polar surface area (TPSA) is 274 Å². The van der Waals surface area contributed by atoms with E-state index < -0.39 is 66.7 Å². The zero-order valence-corrected chi connectivity index (χ0v) is 24.8. The van der Waals surface area contributed by atoms with Crippen LogP contribution in [0.4, 0.5) is 5.82 Å². The third-order valence-electron chi connectivity index (χ3n) is 8.21. The molecule has 47 heavy (non-hydrogen) atoms. The average molecular weight is 652 g/mol. The monoisotopic (exact) mass is 651 g/mol. The fraction of sp³-hybridized carbons (Fsp3) is 0.448. The number of nitrogens with two attached hydrogens (primary N) is 2. The molecule has 2 bridgehead atoms. The SMILES string of the molecule is NC(=O)c1cccc([C@@H]2O[C@H](CN3CC#Cc4nc5c(N)ncnc5n4[C@@H]4O[C@H](CNC(=O)CNC(=O)C3)[C@@H](O)[C@H]4O)C(O)C2O)c1. The van der Waals surface area contributed by atoms with Crippen molar-refractivity contribution in [3.05, 3.63) is 47.5 Å². The molecule has 18 heteroatoms. The minimum Gasteiger partial charge on any atom is -0.388 e. The molecule has 0 radical (unpaired) electrons. The van der Waals surface area contributed by atoms with Gasteiger partial charge in [0.05, 0.1) is 25.7 Å². The van der Waals surface area contributed by atoms with Crippen LogP contribution in [0.25, 0.3) is 11.2 Å². The van der Waals surface area contributed by atoms with Crippen LogP contribution in [0.15, 0.2) is 30.6 Å². The normalized spacial score (nSPS) is 30.3. The van der Waals surface area contributed by atoms with Crippen molar-refractivity contribution in [1.29, 1.82) is 0 Å². The second-order valence-corrected chi connectivity index (χ2v) is 11.4. The van der Waals surface area contributed by atoms with Gasteiger partial charge in [0.15, 0.2) is 29.0 Å². The van der Waals surface area contributed by atoms with Crippen LogP contribution in [0.1, 0.15) is 34.1 Å². The van der Waals surface area contributed by atoms with Gasteiger partial charge < -0.3 is 52.0 Å². The van der Waals surface area contributed by atoms with Crippen molar-refractivity contribution in [2.24, 2.45) is 5.73 Å². The molecule has 10 N–H and O–H groups in total. The Kier molecular flexibility index (Phi) is 9.03. The highest BCUT2D eigenvalue weighted by Gasteiger charge is 2.46. The van der Waals surface area contributed by atoms with Gasteiger partial charge in [0.1, 0.15) is 43.0 Å². The largest absolute Gasteiger partial charge is 0.388 e. The van der Waals surface area contributed by atoms with Crippen LogP contribution in [0, 0.1) is 11.8 Å². The molecular formula is C29H33N9O9. The molecule has 248 valence electrons. The molecule has 0 spiro atoms. The number of ether oxygens (including phenoxy) is 2. The number of nitrogens with one attached hydrogen (secondary N) is 2. The lowest BCUT2D eigenvalue weighted by atomic mass is 9.99. The molecule has 6 rings (SSSR count). The summed E-state index contributed by atoms with van der Waals surface area (Å²) in [6.07, 6.45) is -8.57. The third kappa shape index (κ3) is 6.45. The number of aliphatic hydroxyl groups excluding tert-OH is 4. The molecule has 2 fully saturated rings. The molecule has 3 aromatic rings. The van der Waals surface area contributed by atoms with Crippen LogP contribution in [0.5, 0.6) is 0 Å². The van der Waals surface area contributed by atoms with E-state index in [9.17, 15) is 34.8 Å². The molecule has 0 aliphatic carbocycles. The van der Waals surface area contributed by atoms with Crippen molar-refractivity contribution in [3.8, 4) is 11.8 Å². The molecule has 3 aliphatic heterocycles. The predicted octanol–water partition coefficient (Wildman–Crippen LogP) is -4.11. The minimum absolute atomic E-state index is 0.0414. The second-order valence-electron chi connectivity index (χ2n) is 11.4. The molecule has 2 aromatic heterocycles. The first kappa shape index (κ1) is 32.2. The van der Waals surface area contributed by atoms with Crippen LogP contribution < -0.4 is 22.1 Å². The second kappa shape index (κ2) is 13.2. The summed E-state index contributed by atoms with van der Waals surface area (Å²) in [5, 5.41) is 48.4. The Morgan fingerprint density at radius 3 is 2.64 bits per heavy atom. The summed E-state index contributed by atoms with van der Waals surface area (Å²) in [5.74, 6) is 4.14. The average Bonchev–Trinajstić information content (AvgIpc) is 3.65. The minimum atomic E-state index is -1.46. The number of aliphatic hydroxyl groups is 4. The number of amides is 3. The Hall–Kier alpha value is -4.74. The Morgan fingerprint density at radius 1 is 1.04 bits per heavy atom. The molecule has 5 heterocycles. The van der Waals surface area contributed by atoms with Gasteiger partial charge in [-0.2, -0.15) is 0 Å². The first-order chi connectivity index (χ1) is 22.5. The lowest BCUT2D eigenvalue weighted by Crippen LogP contribution is -2.47. The Morgan fingerprint density at radius 2 is 1.85 bits per heavy atom. The summed E-state index contributed by atoms with van der Waals surface area (Å²) < 4.78 is 13.3. The van der Waals surface area contributed by atoms with Gasteiger partial charge in [0.25, 0.3) is 0 Å². The molecule has 1 aromatic carbocycles. The first-order valence-electron chi connectivity index (χ1n) is 14.7. The molecule has 2 saturated heterocycles. The number of nitrogens with zero attached hydrogens (tertiary/aromatic N) is 5. The van der Waals surface area contributed by atoms with Crippen LogP contribution in [0.2, 0.25) is 0 Å². The number of rotatable bonds is 4. The van der Waals surface area contributed by atoms with Crippen molar-refractivity contribution in [3.63, 3.8) is 0 Å². The lowest BCUT2D eigenvalue weighted by Gasteiger charge is -2.24. The fourth-order valence-corrected chi connectivity index (χ4v) is 5.80. The van der Waals surface area contributed by atoms with Gasteiger partial charge in [0.2, 0.25) is 17.7 Å². The molecule has 3 aliphatic rings. The fourth-order valence-electron chi connectivity index (χ4n) is 5.80. The van der Waals surface area contributed by atoms with Crippen molar-refractivity contribution < 1.29 is 44.3 Å². The van der Waals surface area contributed by atoms with Crippen molar-refractivity contribution in [2.45, 2.75) is 49.0 Å². The van der Waals surface area contributed by atoms with Crippen LogP contribution >= 0.6 is 0 Å². The van der Waals surface area contributed by atoms with Crippen molar-refractivity contribution in [2.75, 3.05) is 38.5 Å². The van der Waals surface area contributed by atoms with Gasteiger partial charge in [-0.15, -0.1) is 0 Å². The Bertz CT molecular complexity index is 1760. The quantitative estimate of drug-likeness (QED) is 0.125. The van der Waals surface area contributed by atoms with E-state index in [4.69, 9.17) is 20.9 Å². The van der Waals surface area contributed by atoms with E-state index in [2.05, 4.69) is 37.4 Å². The van der Waals surface area contributed by atoms with Crippen LogP contribution in [-0.2, 0) is 19.1 Å². The zero-order valence-electron chi connectivity index (χ0n) is 24.8. The highest BCUT2D eigenvalue weighted by Crippen LogP contribution is 2.35. The number of hydrogen-bond donors (Lipinski definition) is 8. The number of carbonyl (C=O) groups excluding carboxylic acids is 3. The van der Waals surface area contributed by atoms with E-state index in [-0.39, 0.29) is 61.1 Å². The maximum Gasteiger partial charge on any atom is 0.248 e. The summed E-state index contributed by atoms with van der Waals surface area (Å²) >= 11 is 0. The van der Waals surface area contributed by atoms with E-state index in [0.29, 0.717) is 5.56 Å². The number of benzene rings is 1. The molecule has 2 unspecified atom stereocenters. The van der Waals surface area contributed by atoms with E-state index in [1.54, 1.807) is 12.1 Å². The first-order valence-corrected chi connectivity index (χ1v) is 14.7. The van der Waals surface area contributed by atoms with E-state index >= 15 is 0 Å². The number of imidazole rings is 1. The van der Waals surface area contributed by atoms with Crippen molar-refractivity contribution >= 4 is 34.7 Å². The van der Waals surface area contributed by atoms with Crippen molar-refractivity contribution in [1.82, 2.24) is 35.1 Å². The smallest absolute Gasteiger partial charge is 0.248 e. The number of primary amides is 1. The Labute approximate surface area is 266 Å². The summed E-state index contributed by atoms with van der Waals surface area (Å²) in [4.78, 5) is 51.2. The maximum absolute atomic E-state index is 12.9. The highest BCUT2D eigenvalue weighted by atomic mass is 16.6. The standard InChI is InChI=1S/C29H33N9O9/c30-26-20-28(35-12-34-26)38-17(36-20)5-2-6-37(11-19(40)33-9-18(39)32-8-15-21(41)24(44)29(38)47-15)10-16-22(42)23(43)25(46-16)13-3-1-4-14(7-13)27(31)45/h1,3-4,7,12,15-16,21-25,29,41-44H,6,8-11H2,(H2,31,45)(H,32,39)(H,33,40)(H2,30,34,35)/t15-,16-,21-,22?,23?,24-,25+,29-/m1/s1. The van der Waals surface area contributed by atoms with Crippen LogP contribution in [-0.4, -0.2) is 132 Å². The number of nitrogen functional groups attached to an aromatic ring is 1. The number of fused-ring (bicyclic) bond motifs is 6. The lowest BCUT2D eigenvalue weighted by molar-refractivity contribution is -0.127. The maximum atomic E-state index is 12.9. The van der Waals surface area contributed by atoms with Gasteiger partial charge in [-0.25, -0.2) is 15.0 Å². The summed E-state index contributed by atoms with van der Waals surface area (Å²) in [5.41, 5.74) is 12.4. The van der Waals surface area contributed by atoms with Gasteiger partial charge in [-0.3, -0.25) is 23.9 Å². The van der Waals surface area contributed by atoms with Gasteiger partial charge in [0, 0.05) is 18.7 Å². The number of aromatic nitrogens is 4.